The van der Waals surface area contributed by atoms with Crippen LogP contribution < -0.4 is 10.6 Å². The summed E-state index contributed by atoms with van der Waals surface area (Å²) in [5.41, 5.74) is 0.172. The van der Waals surface area contributed by atoms with Crippen LogP contribution in [-0.4, -0.2) is 73.5 Å². The summed E-state index contributed by atoms with van der Waals surface area (Å²) < 4.78 is 12.0. The lowest BCUT2D eigenvalue weighted by molar-refractivity contribution is -0.122. The number of guanidine groups is 1. The van der Waals surface area contributed by atoms with Crippen LogP contribution in [0.2, 0.25) is 0 Å². The van der Waals surface area contributed by atoms with Crippen molar-refractivity contribution in [2.45, 2.75) is 94.6 Å². The molecule has 4 rings (SSSR count). The number of fused-ring (bicyclic) bond motifs is 2. The minimum Gasteiger partial charge on any atom is -0.373 e. The van der Waals surface area contributed by atoms with E-state index in [0.29, 0.717) is 18.2 Å². The number of halogens is 1. The van der Waals surface area contributed by atoms with Gasteiger partial charge in [0.1, 0.15) is 0 Å². The molecule has 0 aromatic heterocycles. The van der Waals surface area contributed by atoms with Crippen molar-refractivity contribution < 1.29 is 9.47 Å². The van der Waals surface area contributed by atoms with Crippen molar-refractivity contribution in [3.05, 3.63) is 0 Å². The summed E-state index contributed by atoms with van der Waals surface area (Å²) in [6.45, 7) is 8.30. The monoisotopic (exact) mass is 506 g/mol. The van der Waals surface area contributed by atoms with Crippen LogP contribution in [-0.2, 0) is 9.47 Å². The van der Waals surface area contributed by atoms with E-state index >= 15 is 0 Å². The minimum atomic E-state index is -0.0525. The Morgan fingerprint density at radius 3 is 2.57 bits per heavy atom. The van der Waals surface area contributed by atoms with Gasteiger partial charge in [0.2, 0.25) is 0 Å². The first-order chi connectivity index (χ1) is 13.0. The molecule has 0 amide bonds. The largest absolute Gasteiger partial charge is 0.373 e. The number of morpholine rings is 1. The van der Waals surface area contributed by atoms with Gasteiger partial charge in [-0.25, -0.2) is 0 Å². The van der Waals surface area contributed by atoms with Gasteiger partial charge in [-0.15, -0.1) is 24.0 Å². The van der Waals surface area contributed by atoms with E-state index in [1.54, 1.807) is 0 Å². The lowest BCUT2D eigenvalue weighted by Crippen LogP contribution is -2.64. The van der Waals surface area contributed by atoms with Crippen LogP contribution in [0.1, 0.15) is 65.2 Å². The predicted molar refractivity (Wildman–Crippen MR) is 124 cm³/mol. The van der Waals surface area contributed by atoms with E-state index in [9.17, 15) is 0 Å². The molecule has 0 spiro atoms. The molecule has 2 bridgehead atoms. The van der Waals surface area contributed by atoms with Crippen molar-refractivity contribution >= 4 is 29.9 Å². The zero-order valence-corrected chi connectivity index (χ0v) is 20.2. The summed E-state index contributed by atoms with van der Waals surface area (Å²) in [5, 5.41) is 7.34. The smallest absolute Gasteiger partial charge is 0.191 e. The molecule has 28 heavy (non-hydrogen) atoms. The van der Waals surface area contributed by atoms with Crippen LogP contribution in [0, 0.1) is 0 Å². The fraction of sp³-hybridized carbons (Fsp3) is 0.952. The molecular weight excluding hydrogens is 467 g/mol. The number of hydrogen-bond acceptors (Lipinski definition) is 4. The summed E-state index contributed by atoms with van der Waals surface area (Å²) in [6, 6.07) is 0.416. The molecule has 0 aromatic carbocycles. The number of nitrogens with zero attached hydrogens (tertiary/aromatic N) is 2. The highest BCUT2D eigenvalue weighted by molar-refractivity contribution is 14.0. The number of ether oxygens (including phenoxy) is 2. The highest BCUT2D eigenvalue weighted by atomic mass is 127. The van der Waals surface area contributed by atoms with Crippen LogP contribution >= 0.6 is 24.0 Å². The fourth-order valence-corrected chi connectivity index (χ4v) is 5.64. The van der Waals surface area contributed by atoms with Gasteiger partial charge in [0.15, 0.2) is 5.96 Å². The van der Waals surface area contributed by atoms with Crippen LogP contribution in [0.3, 0.4) is 0 Å². The Kier molecular flexibility index (Phi) is 7.53. The maximum Gasteiger partial charge on any atom is 0.191 e. The molecule has 4 aliphatic rings. The molecule has 1 saturated carbocycles. The first kappa shape index (κ1) is 22.6. The Bertz CT molecular complexity index is 551. The van der Waals surface area contributed by atoms with Crippen molar-refractivity contribution in [1.29, 1.82) is 0 Å². The third-order valence-electron chi connectivity index (χ3n) is 7.12. The van der Waals surface area contributed by atoms with Gasteiger partial charge in [0.25, 0.3) is 0 Å². The third-order valence-corrected chi connectivity index (χ3v) is 7.12. The van der Waals surface area contributed by atoms with Crippen molar-refractivity contribution in [3.63, 3.8) is 0 Å². The second-order valence-corrected chi connectivity index (χ2v) is 9.60. The Balaban J connectivity index is 0.00000225. The van der Waals surface area contributed by atoms with E-state index in [2.05, 4.69) is 34.4 Å². The van der Waals surface area contributed by atoms with Gasteiger partial charge in [-0.3, -0.25) is 9.89 Å². The van der Waals surface area contributed by atoms with Gasteiger partial charge in [-0.1, -0.05) is 19.3 Å². The molecule has 3 aliphatic heterocycles. The molecule has 3 unspecified atom stereocenters. The maximum absolute atomic E-state index is 6.00. The average molecular weight is 506 g/mol. The SMILES string of the molecule is CN=C(NCC1(N2CCOC(C)(C)C2)CCCCC1)NC1CC2CCC1O2.I. The maximum atomic E-state index is 6.00. The van der Waals surface area contributed by atoms with Gasteiger partial charge >= 0.3 is 0 Å². The number of hydrogen-bond donors (Lipinski definition) is 2. The lowest BCUT2D eigenvalue weighted by Gasteiger charge is -2.51. The molecular formula is C21H39IN4O2. The number of nitrogens with one attached hydrogen (secondary N) is 2. The van der Waals surface area contributed by atoms with Crippen LogP contribution in [0.4, 0.5) is 0 Å². The second kappa shape index (κ2) is 9.35. The average Bonchev–Trinajstić information content (AvgIpc) is 3.28. The third kappa shape index (κ3) is 4.95. The van der Waals surface area contributed by atoms with Crippen LogP contribution in [0.25, 0.3) is 0 Å². The number of rotatable bonds is 4. The Morgan fingerprint density at radius 2 is 1.96 bits per heavy atom. The predicted octanol–water partition coefficient (Wildman–Crippen LogP) is 2.90. The van der Waals surface area contributed by atoms with Crippen LogP contribution in [0.15, 0.2) is 4.99 Å². The first-order valence-corrected chi connectivity index (χ1v) is 11.0. The van der Waals surface area contributed by atoms with E-state index in [1.807, 2.05) is 7.05 Å². The fourth-order valence-electron chi connectivity index (χ4n) is 5.64. The van der Waals surface area contributed by atoms with Crippen molar-refractivity contribution in [3.8, 4) is 0 Å². The van der Waals surface area contributed by atoms with Gasteiger partial charge in [0, 0.05) is 32.2 Å². The van der Waals surface area contributed by atoms with Crippen molar-refractivity contribution in [2.75, 3.05) is 33.3 Å². The summed E-state index contributed by atoms with van der Waals surface area (Å²) >= 11 is 0. The summed E-state index contributed by atoms with van der Waals surface area (Å²) in [4.78, 5) is 7.22. The molecule has 162 valence electrons. The van der Waals surface area contributed by atoms with E-state index in [4.69, 9.17) is 9.47 Å². The molecule has 7 heteroatoms. The van der Waals surface area contributed by atoms with Gasteiger partial charge < -0.3 is 20.1 Å². The van der Waals surface area contributed by atoms with Gasteiger partial charge in [-0.2, -0.15) is 0 Å². The van der Waals surface area contributed by atoms with Crippen molar-refractivity contribution in [1.82, 2.24) is 15.5 Å². The van der Waals surface area contributed by atoms with E-state index in [1.165, 1.54) is 44.9 Å². The highest BCUT2D eigenvalue weighted by Crippen LogP contribution is 2.36. The normalized spacial score (nSPS) is 34.7. The minimum absolute atomic E-state index is 0. The summed E-state index contributed by atoms with van der Waals surface area (Å²) in [7, 11) is 1.88. The zero-order valence-electron chi connectivity index (χ0n) is 17.8. The molecule has 4 fully saturated rings. The Hall–Kier alpha value is -0.120. The Labute approximate surface area is 187 Å². The molecule has 3 heterocycles. The van der Waals surface area contributed by atoms with Crippen LogP contribution in [0.5, 0.6) is 0 Å². The molecule has 2 N–H and O–H groups in total. The van der Waals surface area contributed by atoms with Gasteiger partial charge in [-0.05, 0) is 46.0 Å². The first-order valence-electron chi connectivity index (χ1n) is 11.0. The lowest BCUT2D eigenvalue weighted by atomic mass is 9.79. The molecule has 0 aromatic rings. The standard InChI is InChI=1S/C21H38N4O2.HI/c1-20(2)15-25(11-12-26-20)21(9-5-4-6-10-21)14-23-19(22-3)24-17-13-16-7-8-18(17)27-16;/h16-18H,4-15H2,1-3H3,(H2,22,23,24);1H. The summed E-state index contributed by atoms with van der Waals surface area (Å²) in [6.07, 6.45) is 10.9. The Morgan fingerprint density at radius 1 is 1.18 bits per heavy atom. The number of aliphatic imine (C=N–C) groups is 1. The summed E-state index contributed by atoms with van der Waals surface area (Å²) in [5.74, 6) is 0.939. The quantitative estimate of drug-likeness (QED) is 0.349. The van der Waals surface area contributed by atoms with E-state index in [0.717, 1.165) is 38.6 Å². The zero-order chi connectivity index (χ0) is 18.9. The highest BCUT2D eigenvalue weighted by Gasteiger charge is 2.43. The van der Waals surface area contributed by atoms with Gasteiger partial charge in [0.05, 0.1) is 30.5 Å². The van der Waals surface area contributed by atoms with Crippen molar-refractivity contribution in [2.24, 2.45) is 4.99 Å². The topological polar surface area (TPSA) is 58.1 Å². The molecule has 0 radical (unpaired) electrons. The van der Waals surface area contributed by atoms with E-state index < -0.39 is 0 Å². The molecule has 3 atom stereocenters. The molecule has 3 saturated heterocycles. The van der Waals surface area contributed by atoms with E-state index in [-0.39, 0.29) is 35.1 Å². The second-order valence-electron chi connectivity index (χ2n) is 9.60. The molecule has 1 aliphatic carbocycles. The molecule has 6 nitrogen and oxygen atoms in total.